The molecular formula is C32H40N6O6S. The van der Waals surface area contributed by atoms with Crippen LogP contribution in [0.3, 0.4) is 0 Å². The Balaban J connectivity index is 1.18. The van der Waals surface area contributed by atoms with Crippen molar-refractivity contribution in [3.8, 4) is 22.8 Å². The SMILES string of the molecule is CCc1cc(-c2ccn[nH]2)c(O)cc1OCCCCC(C)(C)CNC(O)c1ccc(N=NCc2ccccc2SOOO)nc1. The van der Waals surface area contributed by atoms with Crippen molar-refractivity contribution in [1.29, 1.82) is 0 Å². The molecule has 2 aromatic heterocycles. The van der Waals surface area contributed by atoms with Gasteiger partial charge in [0.2, 0.25) is 0 Å². The molecule has 2 aromatic carbocycles. The number of nitrogens with zero attached hydrogens (tertiary/aromatic N) is 4. The predicted octanol–water partition coefficient (Wildman–Crippen LogP) is 7.31. The normalized spacial score (nSPS) is 12.6. The summed E-state index contributed by atoms with van der Waals surface area (Å²) in [6, 6.07) is 16.3. The Bertz CT molecular complexity index is 1500. The Hall–Kier alpha value is -3.85. The lowest BCUT2D eigenvalue weighted by Gasteiger charge is -2.27. The number of aromatic amines is 1. The highest BCUT2D eigenvalue weighted by Gasteiger charge is 2.20. The molecule has 240 valence electrons. The minimum atomic E-state index is -0.867. The summed E-state index contributed by atoms with van der Waals surface area (Å²) in [5, 5.41) is 51.7. The third kappa shape index (κ3) is 10.3. The highest BCUT2D eigenvalue weighted by atomic mass is 32.2. The Labute approximate surface area is 267 Å². The first-order chi connectivity index (χ1) is 21.8. The lowest BCUT2D eigenvalue weighted by molar-refractivity contribution is -0.432. The molecule has 4 rings (SSSR count). The Kier molecular flexibility index (Phi) is 12.9. The number of H-pyrrole nitrogens is 1. The van der Waals surface area contributed by atoms with Gasteiger partial charge in [-0.05, 0) is 72.6 Å². The number of aryl methyl sites for hydroxylation is 1. The van der Waals surface area contributed by atoms with E-state index >= 15 is 0 Å². The number of aromatic hydroxyl groups is 1. The maximum Gasteiger partial charge on any atom is 0.173 e. The second kappa shape index (κ2) is 17.0. The van der Waals surface area contributed by atoms with Crippen molar-refractivity contribution in [2.45, 2.75) is 64.1 Å². The van der Waals surface area contributed by atoms with Crippen LogP contribution in [-0.2, 0) is 22.3 Å². The van der Waals surface area contributed by atoms with Gasteiger partial charge in [0.1, 0.15) is 17.7 Å². The third-order valence-corrected chi connectivity index (χ3v) is 7.96. The number of hydrogen-bond donors (Lipinski definition) is 5. The molecule has 0 fully saturated rings. The summed E-state index contributed by atoms with van der Waals surface area (Å²) in [4.78, 5) is 5.04. The van der Waals surface area contributed by atoms with Crippen LogP contribution in [0.25, 0.3) is 11.3 Å². The van der Waals surface area contributed by atoms with Crippen LogP contribution < -0.4 is 10.1 Å². The summed E-state index contributed by atoms with van der Waals surface area (Å²) >= 11 is 0.872. The number of ether oxygens (including phenoxy) is 1. The number of nitrogens with one attached hydrogen (secondary N) is 2. The minimum Gasteiger partial charge on any atom is -0.507 e. The Morgan fingerprint density at radius 2 is 1.93 bits per heavy atom. The van der Waals surface area contributed by atoms with Gasteiger partial charge in [-0.2, -0.15) is 10.2 Å². The lowest BCUT2D eigenvalue weighted by Crippen LogP contribution is -2.32. The number of phenolic OH excluding ortho intramolecular Hbond substituents is 1. The summed E-state index contributed by atoms with van der Waals surface area (Å²) in [7, 11) is 0. The Morgan fingerprint density at radius 3 is 2.67 bits per heavy atom. The molecule has 45 heavy (non-hydrogen) atoms. The van der Waals surface area contributed by atoms with Gasteiger partial charge in [0.05, 0.1) is 30.9 Å². The molecule has 0 saturated heterocycles. The number of aromatic nitrogens is 3. The maximum atomic E-state index is 10.7. The van der Waals surface area contributed by atoms with Crippen molar-refractivity contribution < 1.29 is 29.6 Å². The third-order valence-electron chi connectivity index (χ3n) is 7.26. The first kappa shape index (κ1) is 34.0. The average molecular weight is 637 g/mol. The molecular weight excluding hydrogens is 596 g/mol. The summed E-state index contributed by atoms with van der Waals surface area (Å²) in [5.41, 5.74) is 3.93. The number of rotatable bonds is 18. The fourth-order valence-corrected chi connectivity index (χ4v) is 5.16. The zero-order chi connectivity index (χ0) is 32.1. The average Bonchev–Trinajstić information content (AvgIpc) is 3.58. The fraction of sp³-hybridized carbons (Fsp3) is 0.375. The lowest BCUT2D eigenvalue weighted by atomic mass is 9.87. The summed E-state index contributed by atoms with van der Waals surface area (Å²) in [6.07, 6.45) is 5.92. The van der Waals surface area contributed by atoms with E-state index in [4.69, 9.17) is 9.99 Å². The number of benzene rings is 2. The molecule has 1 atom stereocenters. The van der Waals surface area contributed by atoms with Gasteiger partial charge in [0.15, 0.2) is 5.82 Å². The van der Waals surface area contributed by atoms with Gasteiger partial charge < -0.3 is 14.9 Å². The summed E-state index contributed by atoms with van der Waals surface area (Å²) in [5.74, 6) is 1.28. The monoisotopic (exact) mass is 636 g/mol. The topological polar surface area (TPSA) is 167 Å². The molecule has 0 aliphatic carbocycles. The van der Waals surface area contributed by atoms with Crippen molar-refractivity contribution in [1.82, 2.24) is 20.5 Å². The van der Waals surface area contributed by atoms with Crippen molar-refractivity contribution in [3.63, 3.8) is 0 Å². The second-order valence-electron chi connectivity index (χ2n) is 11.2. The maximum absolute atomic E-state index is 10.7. The first-order valence-electron chi connectivity index (χ1n) is 14.8. The molecule has 12 nitrogen and oxygen atoms in total. The van der Waals surface area contributed by atoms with Gasteiger partial charge >= 0.3 is 0 Å². The van der Waals surface area contributed by atoms with E-state index in [1.54, 1.807) is 30.6 Å². The molecule has 0 bridgehead atoms. The zero-order valence-corrected chi connectivity index (χ0v) is 26.5. The van der Waals surface area contributed by atoms with Crippen LogP contribution in [0.2, 0.25) is 0 Å². The first-order valence-corrected chi connectivity index (χ1v) is 15.5. The van der Waals surface area contributed by atoms with Crippen molar-refractivity contribution in [3.05, 3.63) is 83.7 Å². The number of hydrogen-bond acceptors (Lipinski definition) is 12. The van der Waals surface area contributed by atoms with E-state index in [0.29, 0.717) is 35.8 Å². The van der Waals surface area contributed by atoms with Crippen molar-refractivity contribution in [2.75, 3.05) is 13.2 Å². The van der Waals surface area contributed by atoms with E-state index in [9.17, 15) is 10.2 Å². The van der Waals surface area contributed by atoms with Gasteiger partial charge in [0.25, 0.3) is 0 Å². The molecule has 5 N–H and O–H groups in total. The summed E-state index contributed by atoms with van der Waals surface area (Å²) in [6.45, 7) is 7.84. The number of pyridine rings is 1. The van der Waals surface area contributed by atoms with Crippen LogP contribution in [0.4, 0.5) is 5.82 Å². The molecule has 0 radical (unpaired) electrons. The molecule has 2 heterocycles. The molecule has 0 saturated carbocycles. The van der Waals surface area contributed by atoms with E-state index in [2.05, 4.69) is 60.9 Å². The minimum absolute atomic E-state index is 0.0515. The van der Waals surface area contributed by atoms with Gasteiger partial charge in [-0.25, -0.2) is 10.2 Å². The van der Waals surface area contributed by atoms with Crippen LogP contribution in [-0.4, -0.2) is 43.8 Å². The van der Waals surface area contributed by atoms with Crippen LogP contribution in [0.15, 0.2) is 82.1 Å². The number of aliphatic hydroxyl groups is 1. The fourth-order valence-electron chi connectivity index (χ4n) is 4.68. The second-order valence-corrected chi connectivity index (χ2v) is 12.0. The van der Waals surface area contributed by atoms with Crippen molar-refractivity contribution in [2.24, 2.45) is 15.6 Å². The smallest absolute Gasteiger partial charge is 0.173 e. The molecule has 0 aliphatic heterocycles. The van der Waals surface area contributed by atoms with Crippen LogP contribution in [0.5, 0.6) is 11.5 Å². The zero-order valence-electron chi connectivity index (χ0n) is 25.6. The highest BCUT2D eigenvalue weighted by molar-refractivity contribution is 7.94. The predicted molar refractivity (Wildman–Crippen MR) is 171 cm³/mol. The number of unbranched alkanes of at least 4 members (excludes halogenated alkanes) is 1. The standard InChI is InChI=1S/C32H40N6O6S/c1-4-22-17-25(26-13-15-35-37-26)27(39)18-28(22)42-16-8-7-14-32(2,3)21-34-31(40)24-11-12-30(33-19-24)38-36-20-23-9-5-6-10-29(23)45-44-43-41/h5-6,9-13,15,17-19,31,34,39-41H,4,7-8,14,16,20-21H2,1-3H3,(H,35,37). The largest absolute Gasteiger partial charge is 0.507 e. The van der Waals surface area contributed by atoms with E-state index in [0.717, 1.165) is 59.4 Å². The van der Waals surface area contributed by atoms with E-state index < -0.39 is 6.23 Å². The summed E-state index contributed by atoms with van der Waals surface area (Å²) < 4.78 is 10.6. The van der Waals surface area contributed by atoms with Crippen LogP contribution >= 0.6 is 12.0 Å². The molecule has 0 amide bonds. The Morgan fingerprint density at radius 1 is 1.09 bits per heavy atom. The number of azo groups is 1. The number of phenols is 1. The van der Waals surface area contributed by atoms with Crippen molar-refractivity contribution >= 4 is 17.9 Å². The number of aliphatic hydroxyl groups excluding tert-OH is 1. The molecule has 1 unspecified atom stereocenters. The quantitative estimate of drug-likeness (QED) is 0.0187. The van der Waals surface area contributed by atoms with Gasteiger partial charge in [-0.3, -0.25) is 10.4 Å². The molecule has 0 aliphatic rings. The van der Waals surface area contributed by atoms with E-state index in [1.165, 1.54) is 0 Å². The van der Waals surface area contributed by atoms with Gasteiger partial charge in [-0.15, -0.1) is 9.45 Å². The highest BCUT2D eigenvalue weighted by Crippen LogP contribution is 2.35. The molecule has 13 heteroatoms. The molecule has 4 aromatic rings. The van der Waals surface area contributed by atoms with Gasteiger partial charge in [0, 0.05) is 41.0 Å². The van der Waals surface area contributed by atoms with E-state index in [-0.39, 0.29) is 17.7 Å². The molecule has 0 spiro atoms. The van der Waals surface area contributed by atoms with E-state index in [1.807, 2.05) is 36.4 Å². The van der Waals surface area contributed by atoms with Crippen LogP contribution in [0, 0.1) is 5.41 Å². The van der Waals surface area contributed by atoms with Gasteiger partial charge in [-0.1, -0.05) is 44.0 Å². The van der Waals surface area contributed by atoms with Crippen LogP contribution in [0.1, 0.15) is 63.0 Å².